The van der Waals surface area contributed by atoms with E-state index in [1.165, 1.54) is 11.8 Å². The fourth-order valence-corrected chi connectivity index (χ4v) is 4.14. The number of fused-ring (bicyclic) bond motifs is 1. The standard InChI is InChI=1S/C17H19F3N5O2PS/c1-26-11-4-2-3-5-12(11)29-15-13-14(23-16(21)24-15)25(9-22-13)6-7-27-10-28-8-17(18,19)20/h2-5,9,28H,6-8,10H2,1H3,(H2,21,23,24). The van der Waals surface area contributed by atoms with E-state index in [-0.39, 0.29) is 27.5 Å². The lowest BCUT2D eigenvalue weighted by Crippen LogP contribution is -2.11. The Bertz CT molecular complexity index is 970. The molecule has 0 aliphatic rings. The fourth-order valence-electron chi connectivity index (χ4n) is 2.48. The molecule has 7 nitrogen and oxygen atoms in total. The number of nitrogen functional groups attached to an aromatic ring is 1. The van der Waals surface area contributed by atoms with Crippen LogP contribution in [0.25, 0.3) is 11.2 Å². The summed E-state index contributed by atoms with van der Waals surface area (Å²) in [5, 5.41) is 0.586. The van der Waals surface area contributed by atoms with Gasteiger partial charge in [0.25, 0.3) is 0 Å². The van der Waals surface area contributed by atoms with Gasteiger partial charge in [-0.1, -0.05) is 32.5 Å². The number of anilines is 1. The van der Waals surface area contributed by atoms with E-state index in [0.717, 1.165) is 4.90 Å². The highest BCUT2D eigenvalue weighted by molar-refractivity contribution is 7.99. The lowest BCUT2D eigenvalue weighted by molar-refractivity contribution is -0.106. The Kier molecular flexibility index (Phi) is 7.15. The highest BCUT2D eigenvalue weighted by atomic mass is 32.2. The highest BCUT2D eigenvalue weighted by Gasteiger charge is 2.26. The number of imidazole rings is 1. The molecule has 2 heterocycles. The van der Waals surface area contributed by atoms with Crippen LogP contribution in [-0.4, -0.2) is 51.9 Å². The smallest absolute Gasteiger partial charge is 0.392 e. The number of methoxy groups -OCH3 is 1. The van der Waals surface area contributed by atoms with Gasteiger partial charge >= 0.3 is 6.18 Å². The molecule has 156 valence electrons. The molecule has 0 aliphatic heterocycles. The first-order valence-corrected chi connectivity index (χ1v) is 10.7. The summed E-state index contributed by atoms with van der Waals surface area (Å²) in [6, 6.07) is 7.51. The first-order valence-electron chi connectivity index (χ1n) is 8.52. The summed E-state index contributed by atoms with van der Waals surface area (Å²) >= 11 is 1.36. The van der Waals surface area contributed by atoms with Crippen LogP contribution in [0.3, 0.4) is 0 Å². The Morgan fingerprint density at radius 1 is 1.24 bits per heavy atom. The maximum atomic E-state index is 12.1. The number of ether oxygens (including phenoxy) is 2. The predicted molar refractivity (Wildman–Crippen MR) is 107 cm³/mol. The third-order valence-corrected chi connectivity index (χ3v) is 5.83. The number of para-hydroxylation sites is 1. The van der Waals surface area contributed by atoms with Crippen molar-refractivity contribution in [2.45, 2.75) is 22.6 Å². The summed E-state index contributed by atoms with van der Waals surface area (Å²) in [5.41, 5.74) is 6.98. The largest absolute Gasteiger partial charge is 0.496 e. The van der Waals surface area contributed by atoms with Crippen LogP contribution in [0.1, 0.15) is 0 Å². The monoisotopic (exact) mass is 445 g/mol. The van der Waals surface area contributed by atoms with Crippen molar-refractivity contribution in [2.24, 2.45) is 0 Å². The second kappa shape index (κ2) is 9.60. The average Bonchev–Trinajstić information content (AvgIpc) is 3.07. The molecule has 3 rings (SSSR count). The minimum Gasteiger partial charge on any atom is -0.496 e. The van der Waals surface area contributed by atoms with Gasteiger partial charge < -0.3 is 19.8 Å². The summed E-state index contributed by atoms with van der Waals surface area (Å²) < 4.78 is 48.8. The maximum absolute atomic E-state index is 12.1. The summed E-state index contributed by atoms with van der Waals surface area (Å²) in [6.45, 7) is 0.636. The Hall–Kier alpha value is -2.10. The van der Waals surface area contributed by atoms with Crippen molar-refractivity contribution < 1.29 is 22.6 Å². The number of nitrogens with two attached hydrogens (primary N) is 1. The van der Waals surface area contributed by atoms with Gasteiger partial charge in [0.1, 0.15) is 16.3 Å². The zero-order chi connectivity index (χ0) is 20.9. The number of aromatic nitrogens is 4. The molecule has 0 radical (unpaired) electrons. The molecule has 2 N–H and O–H groups in total. The molecule has 1 atom stereocenters. The molecular weight excluding hydrogens is 426 g/mol. The van der Waals surface area contributed by atoms with Gasteiger partial charge in [-0.15, -0.1) is 0 Å². The van der Waals surface area contributed by atoms with E-state index >= 15 is 0 Å². The molecule has 0 spiro atoms. The van der Waals surface area contributed by atoms with Crippen LogP contribution in [0.2, 0.25) is 0 Å². The van der Waals surface area contributed by atoms with Crippen LogP contribution >= 0.6 is 20.3 Å². The molecule has 0 fully saturated rings. The molecule has 29 heavy (non-hydrogen) atoms. The molecule has 0 saturated carbocycles. The molecule has 0 saturated heterocycles. The van der Waals surface area contributed by atoms with Crippen LogP contribution in [0, 0.1) is 0 Å². The van der Waals surface area contributed by atoms with Gasteiger partial charge in [-0.25, -0.2) is 9.97 Å². The van der Waals surface area contributed by atoms with Crippen LogP contribution in [0.4, 0.5) is 19.1 Å². The lowest BCUT2D eigenvalue weighted by atomic mass is 10.3. The predicted octanol–water partition coefficient (Wildman–Crippen LogP) is 3.78. The fraction of sp³-hybridized carbons (Fsp3) is 0.353. The van der Waals surface area contributed by atoms with Crippen molar-refractivity contribution in [3.63, 3.8) is 0 Å². The molecule has 0 amide bonds. The van der Waals surface area contributed by atoms with Gasteiger partial charge in [0.15, 0.2) is 5.65 Å². The SMILES string of the molecule is COc1ccccc1Sc1nc(N)nc2c1ncn2CCOCPCC(F)(F)F. The van der Waals surface area contributed by atoms with Gasteiger partial charge in [0.2, 0.25) is 5.95 Å². The lowest BCUT2D eigenvalue weighted by Gasteiger charge is -2.09. The average molecular weight is 445 g/mol. The van der Waals surface area contributed by atoms with E-state index in [4.69, 9.17) is 15.2 Å². The number of halogens is 3. The number of rotatable bonds is 9. The normalized spacial score (nSPS) is 12.3. The number of hydrogen-bond acceptors (Lipinski definition) is 7. The van der Waals surface area contributed by atoms with Gasteiger partial charge in [0.05, 0.1) is 37.4 Å². The van der Waals surface area contributed by atoms with E-state index in [0.29, 0.717) is 28.5 Å². The molecule has 1 aromatic carbocycles. The highest BCUT2D eigenvalue weighted by Crippen LogP contribution is 2.36. The summed E-state index contributed by atoms with van der Waals surface area (Å²) in [5.74, 6) is 0.805. The summed E-state index contributed by atoms with van der Waals surface area (Å²) in [6.07, 6.45) is -3.31. The van der Waals surface area contributed by atoms with Crippen molar-refractivity contribution in [2.75, 3.05) is 32.0 Å². The third-order valence-electron chi connectivity index (χ3n) is 3.73. The molecule has 2 aromatic heterocycles. The second-order valence-corrected chi connectivity index (χ2v) is 8.02. The Morgan fingerprint density at radius 2 is 2.03 bits per heavy atom. The number of alkyl halides is 3. The minimum absolute atomic E-state index is 0.0676. The van der Waals surface area contributed by atoms with Crippen molar-refractivity contribution in [1.82, 2.24) is 19.5 Å². The van der Waals surface area contributed by atoms with Gasteiger partial charge in [-0.05, 0) is 12.1 Å². The Balaban J connectivity index is 1.69. The first kappa shape index (κ1) is 21.6. The van der Waals surface area contributed by atoms with Crippen molar-refractivity contribution in [3.8, 4) is 5.75 Å². The van der Waals surface area contributed by atoms with E-state index in [1.807, 2.05) is 24.3 Å². The van der Waals surface area contributed by atoms with Crippen LogP contribution in [0.5, 0.6) is 5.75 Å². The van der Waals surface area contributed by atoms with Crippen molar-refractivity contribution in [3.05, 3.63) is 30.6 Å². The second-order valence-electron chi connectivity index (χ2n) is 5.84. The van der Waals surface area contributed by atoms with Gasteiger partial charge in [-0.2, -0.15) is 18.2 Å². The van der Waals surface area contributed by atoms with Crippen LogP contribution in [-0.2, 0) is 11.3 Å². The first-order chi connectivity index (χ1) is 13.9. The van der Waals surface area contributed by atoms with Crippen molar-refractivity contribution in [1.29, 1.82) is 0 Å². The minimum atomic E-state index is -4.15. The number of benzene rings is 1. The van der Waals surface area contributed by atoms with Crippen LogP contribution in [0.15, 0.2) is 40.5 Å². The molecule has 1 unspecified atom stereocenters. The van der Waals surface area contributed by atoms with E-state index in [2.05, 4.69) is 15.0 Å². The molecule has 0 aliphatic carbocycles. The Labute approximate surface area is 171 Å². The molecule has 0 bridgehead atoms. The summed E-state index contributed by atoms with van der Waals surface area (Å²) in [4.78, 5) is 13.8. The zero-order valence-electron chi connectivity index (χ0n) is 15.4. The maximum Gasteiger partial charge on any atom is 0.392 e. The van der Waals surface area contributed by atoms with Gasteiger partial charge in [-0.3, -0.25) is 0 Å². The third kappa shape index (κ3) is 5.94. The van der Waals surface area contributed by atoms with E-state index in [9.17, 15) is 13.2 Å². The Morgan fingerprint density at radius 3 is 2.79 bits per heavy atom. The van der Waals surface area contributed by atoms with Crippen molar-refractivity contribution >= 4 is 37.5 Å². The van der Waals surface area contributed by atoms with Crippen LogP contribution < -0.4 is 10.5 Å². The zero-order valence-corrected chi connectivity index (χ0v) is 17.3. The van der Waals surface area contributed by atoms with E-state index in [1.54, 1.807) is 18.0 Å². The number of nitrogens with zero attached hydrogens (tertiary/aromatic N) is 4. The van der Waals surface area contributed by atoms with E-state index < -0.39 is 12.3 Å². The molecule has 3 aromatic rings. The number of hydrogen-bond donors (Lipinski definition) is 1. The quantitative estimate of drug-likeness (QED) is 0.305. The molecular formula is C17H19F3N5O2PS. The summed E-state index contributed by atoms with van der Waals surface area (Å²) in [7, 11) is 1.28. The molecule has 12 heteroatoms. The topological polar surface area (TPSA) is 88.1 Å². The van der Waals surface area contributed by atoms with Gasteiger partial charge in [0, 0.05) is 6.54 Å².